The van der Waals surface area contributed by atoms with Crippen LogP contribution in [0.4, 0.5) is 11.4 Å². The summed E-state index contributed by atoms with van der Waals surface area (Å²) in [6.45, 7) is 2.13. The summed E-state index contributed by atoms with van der Waals surface area (Å²) in [5.41, 5.74) is 1.51. The van der Waals surface area contributed by atoms with Crippen LogP contribution in [0.5, 0.6) is 0 Å². The van der Waals surface area contributed by atoms with E-state index in [1.807, 2.05) is 0 Å². The van der Waals surface area contributed by atoms with Crippen molar-refractivity contribution >= 4 is 40.8 Å². The normalized spacial score (nSPS) is 14.7. The Kier molecular flexibility index (Phi) is 5.76. The van der Waals surface area contributed by atoms with Crippen LogP contribution in [-0.2, 0) is 14.3 Å². The van der Waals surface area contributed by atoms with Gasteiger partial charge in [0.05, 0.1) is 5.56 Å². The number of carbonyl (C=O) groups excluding carboxylic acids is 3. The maximum atomic E-state index is 12.4. The van der Waals surface area contributed by atoms with Crippen LogP contribution < -0.4 is 10.2 Å². The average molecular weight is 387 g/mol. The summed E-state index contributed by atoms with van der Waals surface area (Å²) >= 11 is 5.81. The molecule has 2 aromatic rings. The molecule has 0 unspecified atom stereocenters. The third-order valence-electron chi connectivity index (χ3n) is 4.23. The second-order valence-electron chi connectivity index (χ2n) is 6.24. The van der Waals surface area contributed by atoms with Gasteiger partial charge in [-0.25, -0.2) is 4.79 Å². The van der Waals surface area contributed by atoms with E-state index in [0.29, 0.717) is 34.9 Å². The first kappa shape index (κ1) is 18.9. The third-order valence-corrected chi connectivity index (χ3v) is 4.48. The van der Waals surface area contributed by atoms with E-state index in [9.17, 15) is 14.4 Å². The predicted octanol–water partition coefficient (Wildman–Crippen LogP) is 3.65. The van der Waals surface area contributed by atoms with Crippen molar-refractivity contribution in [2.75, 3.05) is 16.8 Å². The predicted molar refractivity (Wildman–Crippen MR) is 103 cm³/mol. The van der Waals surface area contributed by atoms with Gasteiger partial charge < -0.3 is 15.0 Å². The summed E-state index contributed by atoms with van der Waals surface area (Å²) in [7, 11) is 0. The lowest BCUT2D eigenvalue weighted by molar-refractivity contribution is -0.123. The van der Waals surface area contributed by atoms with Gasteiger partial charge in [-0.05, 0) is 55.8 Å². The molecule has 1 N–H and O–H groups in total. The Hall–Kier alpha value is -2.86. The molecule has 0 radical (unpaired) electrons. The molecule has 1 aliphatic heterocycles. The second-order valence-corrected chi connectivity index (χ2v) is 6.68. The van der Waals surface area contributed by atoms with Crippen molar-refractivity contribution in [3.8, 4) is 0 Å². The van der Waals surface area contributed by atoms with E-state index >= 15 is 0 Å². The second kappa shape index (κ2) is 8.22. The Bertz CT molecular complexity index is 867. The number of amides is 2. The van der Waals surface area contributed by atoms with E-state index in [1.54, 1.807) is 53.4 Å². The number of nitrogens with zero attached hydrogens (tertiary/aromatic N) is 1. The fourth-order valence-corrected chi connectivity index (χ4v) is 2.91. The summed E-state index contributed by atoms with van der Waals surface area (Å²) in [5, 5.41) is 3.22. The van der Waals surface area contributed by atoms with Gasteiger partial charge in [0, 0.05) is 29.4 Å². The zero-order valence-electron chi connectivity index (χ0n) is 14.8. The number of carbonyl (C=O) groups is 3. The van der Waals surface area contributed by atoms with Gasteiger partial charge in [0.2, 0.25) is 5.91 Å². The highest BCUT2D eigenvalue weighted by atomic mass is 35.5. The molecule has 1 atom stereocenters. The molecule has 0 aliphatic carbocycles. The molecule has 7 heteroatoms. The van der Waals surface area contributed by atoms with Crippen molar-refractivity contribution in [2.45, 2.75) is 25.9 Å². The molecule has 1 aliphatic rings. The number of ether oxygens (including phenoxy) is 1. The van der Waals surface area contributed by atoms with Gasteiger partial charge in [0.15, 0.2) is 6.10 Å². The first-order chi connectivity index (χ1) is 12.9. The molecule has 0 spiro atoms. The number of esters is 1. The fourth-order valence-electron chi connectivity index (χ4n) is 2.78. The molecule has 2 aromatic carbocycles. The standard InChI is InChI=1S/C20H19ClN2O4/c1-13(19(25)22-16-9-7-15(21)8-10-16)27-20(26)14-4-2-5-17(12-14)23-11-3-6-18(23)24/h2,4-5,7-10,12-13H,3,6,11H2,1H3,(H,22,25)/t13-/m0/s1. The van der Waals surface area contributed by atoms with Gasteiger partial charge >= 0.3 is 5.97 Å². The number of anilines is 2. The number of benzene rings is 2. The van der Waals surface area contributed by atoms with E-state index < -0.39 is 18.0 Å². The van der Waals surface area contributed by atoms with Gasteiger partial charge in [-0.15, -0.1) is 0 Å². The number of hydrogen-bond acceptors (Lipinski definition) is 4. The highest BCUT2D eigenvalue weighted by Crippen LogP contribution is 2.23. The Morgan fingerprint density at radius 1 is 1.19 bits per heavy atom. The first-order valence-corrected chi connectivity index (χ1v) is 8.99. The number of hydrogen-bond donors (Lipinski definition) is 1. The van der Waals surface area contributed by atoms with Crippen molar-refractivity contribution in [3.05, 3.63) is 59.1 Å². The molecular formula is C20H19ClN2O4. The zero-order valence-corrected chi connectivity index (χ0v) is 15.5. The van der Waals surface area contributed by atoms with E-state index in [1.165, 1.54) is 6.92 Å². The van der Waals surface area contributed by atoms with Crippen molar-refractivity contribution in [1.29, 1.82) is 0 Å². The van der Waals surface area contributed by atoms with Crippen LogP contribution in [0.3, 0.4) is 0 Å². The molecule has 27 heavy (non-hydrogen) atoms. The molecule has 140 valence electrons. The Labute approximate surface area is 162 Å². The molecular weight excluding hydrogens is 368 g/mol. The Morgan fingerprint density at radius 3 is 2.59 bits per heavy atom. The number of nitrogens with one attached hydrogen (secondary N) is 1. The summed E-state index contributed by atoms with van der Waals surface area (Å²) in [6, 6.07) is 13.3. The van der Waals surface area contributed by atoms with Crippen LogP contribution >= 0.6 is 11.6 Å². The lowest BCUT2D eigenvalue weighted by atomic mass is 10.2. The van der Waals surface area contributed by atoms with Crippen LogP contribution in [0.2, 0.25) is 5.02 Å². The van der Waals surface area contributed by atoms with Crippen molar-refractivity contribution in [2.24, 2.45) is 0 Å². The van der Waals surface area contributed by atoms with Crippen LogP contribution in [0.15, 0.2) is 48.5 Å². The average Bonchev–Trinajstić information content (AvgIpc) is 3.09. The molecule has 6 nitrogen and oxygen atoms in total. The summed E-state index contributed by atoms with van der Waals surface area (Å²) in [5.74, 6) is -1.03. The lowest BCUT2D eigenvalue weighted by Crippen LogP contribution is -2.30. The fraction of sp³-hybridized carbons (Fsp3) is 0.250. The van der Waals surface area contributed by atoms with Crippen LogP contribution in [0, 0.1) is 0 Å². The summed E-state index contributed by atoms with van der Waals surface area (Å²) < 4.78 is 5.26. The SMILES string of the molecule is C[C@H](OC(=O)c1cccc(N2CCCC2=O)c1)C(=O)Nc1ccc(Cl)cc1. The minimum absolute atomic E-state index is 0.0382. The molecule has 2 amide bonds. The van der Waals surface area contributed by atoms with Crippen molar-refractivity contribution < 1.29 is 19.1 Å². The Balaban J connectivity index is 1.63. The minimum Gasteiger partial charge on any atom is -0.449 e. The largest absolute Gasteiger partial charge is 0.449 e. The van der Waals surface area contributed by atoms with Crippen LogP contribution in [0.1, 0.15) is 30.1 Å². The summed E-state index contributed by atoms with van der Waals surface area (Å²) in [4.78, 5) is 38.1. The molecule has 1 heterocycles. The molecule has 0 bridgehead atoms. The molecule has 1 saturated heterocycles. The first-order valence-electron chi connectivity index (χ1n) is 8.62. The maximum Gasteiger partial charge on any atom is 0.338 e. The van der Waals surface area contributed by atoms with Crippen LogP contribution in [-0.4, -0.2) is 30.4 Å². The molecule has 3 rings (SSSR count). The monoisotopic (exact) mass is 386 g/mol. The van der Waals surface area contributed by atoms with Crippen molar-refractivity contribution in [3.63, 3.8) is 0 Å². The molecule has 0 aromatic heterocycles. The van der Waals surface area contributed by atoms with Gasteiger partial charge in [0.25, 0.3) is 5.91 Å². The quantitative estimate of drug-likeness (QED) is 0.796. The highest BCUT2D eigenvalue weighted by Gasteiger charge is 2.23. The van der Waals surface area contributed by atoms with E-state index in [4.69, 9.17) is 16.3 Å². The molecule has 0 saturated carbocycles. The van der Waals surface area contributed by atoms with Gasteiger partial charge in [0.1, 0.15) is 0 Å². The van der Waals surface area contributed by atoms with Gasteiger partial charge in [-0.1, -0.05) is 17.7 Å². The zero-order chi connectivity index (χ0) is 19.4. The number of halogens is 1. The van der Waals surface area contributed by atoms with E-state index in [-0.39, 0.29) is 5.91 Å². The maximum absolute atomic E-state index is 12.4. The van der Waals surface area contributed by atoms with Crippen molar-refractivity contribution in [1.82, 2.24) is 0 Å². The Morgan fingerprint density at radius 2 is 1.93 bits per heavy atom. The summed E-state index contributed by atoms with van der Waals surface area (Å²) in [6.07, 6.45) is 0.330. The molecule has 1 fully saturated rings. The lowest BCUT2D eigenvalue weighted by Gasteiger charge is -2.17. The minimum atomic E-state index is -0.981. The number of rotatable bonds is 5. The van der Waals surface area contributed by atoms with Crippen LogP contribution in [0.25, 0.3) is 0 Å². The van der Waals surface area contributed by atoms with E-state index in [2.05, 4.69) is 5.32 Å². The van der Waals surface area contributed by atoms with Gasteiger partial charge in [-0.3, -0.25) is 9.59 Å². The smallest absolute Gasteiger partial charge is 0.338 e. The topological polar surface area (TPSA) is 75.7 Å². The van der Waals surface area contributed by atoms with E-state index in [0.717, 1.165) is 6.42 Å². The third kappa shape index (κ3) is 4.65. The highest BCUT2D eigenvalue weighted by molar-refractivity contribution is 6.30. The van der Waals surface area contributed by atoms with Gasteiger partial charge in [-0.2, -0.15) is 0 Å².